The van der Waals surface area contributed by atoms with Crippen LogP contribution in [0.15, 0.2) is 24.3 Å². The van der Waals surface area contributed by atoms with Crippen molar-refractivity contribution in [2.45, 2.75) is 6.42 Å². The number of nitriles is 1. The summed E-state index contributed by atoms with van der Waals surface area (Å²) in [5.74, 6) is -1.17. The summed E-state index contributed by atoms with van der Waals surface area (Å²) in [5, 5.41) is 17.7. The molecule has 0 bridgehead atoms. The molecule has 0 radical (unpaired) electrons. The monoisotopic (exact) mass is 290 g/mol. The first-order valence-corrected chi connectivity index (χ1v) is 7.34. The second kappa shape index (κ2) is 6.44. The summed E-state index contributed by atoms with van der Waals surface area (Å²) < 4.78 is 0. The molecule has 1 N–H and O–H groups in total. The van der Waals surface area contributed by atoms with E-state index in [4.69, 9.17) is 5.26 Å². The van der Waals surface area contributed by atoms with Crippen molar-refractivity contribution in [1.29, 1.82) is 5.26 Å². The first kappa shape index (κ1) is 14.4. The van der Waals surface area contributed by atoms with Crippen LogP contribution in [0.5, 0.6) is 0 Å². The number of amides is 1. The van der Waals surface area contributed by atoms with Crippen LogP contribution in [-0.4, -0.2) is 35.0 Å². The lowest BCUT2D eigenvalue weighted by molar-refractivity contribution is -0.141. The Morgan fingerprint density at radius 1 is 1.45 bits per heavy atom. The molecular weight excluding hydrogens is 276 g/mol. The summed E-state index contributed by atoms with van der Waals surface area (Å²) >= 11 is 1.24. The number of carbonyl (C=O) groups is 2. The zero-order chi connectivity index (χ0) is 14.5. The van der Waals surface area contributed by atoms with Crippen molar-refractivity contribution >= 4 is 29.3 Å². The van der Waals surface area contributed by atoms with Gasteiger partial charge in [-0.2, -0.15) is 5.26 Å². The molecular formula is C14H14N2O3S. The van der Waals surface area contributed by atoms with Gasteiger partial charge in [-0.1, -0.05) is 18.2 Å². The molecule has 104 valence electrons. The summed E-state index contributed by atoms with van der Waals surface area (Å²) in [5.41, 5.74) is 1.66. The zero-order valence-corrected chi connectivity index (χ0v) is 11.6. The predicted molar refractivity (Wildman–Crippen MR) is 76.6 cm³/mol. The lowest BCUT2D eigenvalue weighted by atomic mass is 9.92. The molecule has 1 atom stereocenters. The Morgan fingerprint density at radius 3 is 2.90 bits per heavy atom. The maximum atomic E-state index is 12.2. The van der Waals surface area contributed by atoms with Crippen LogP contribution in [0.4, 0.5) is 5.69 Å². The van der Waals surface area contributed by atoms with E-state index in [1.165, 1.54) is 16.7 Å². The molecule has 1 aromatic carbocycles. The summed E-state index contributed by atoms with van der Waals surface area (Å²) in [6.07, 6.45) is 0.445. The summed E-state index contributed by atoms with van der Waals surface area (Å²) in [6, 6.07) is 9.34. The van der Waals surface area contributed by atoms with Crippen molar-refractivity contribution in [1.82, 2.24) is 0 Å². The van der Waals surface area contributed by atoms with Crippen LogP contribution in [0.3, 0.4) is 0 Å². The Morgan fingerprint density at radius 2 is 2.20 bits per heavy atom. The van der Waals surface area contributed by atoms with Gasteiger partial charge in [0.25, 0.3) is 0 Å². The molecule has 1 unspecified atom stereocenters. The number of fused-ring (bicyclic) bond motifs is 1. The molecule has 5 nitrogen and oxygen atoms in total. The van der Waals surface area contributed by atoms with Crippen molar-refractivity contribution in [3.8, 4) is 6.07 Å². The average molecular weight is 290 g/mol. The number of aliphatic carboxylic acids is 1. The predicted octanol–water partition coefficient (Wildman–Crippen LogP) is 1.53. The minimum absolute atomic E-state index is 0.149. The van der Waals surface area contributed by atoms with Crippen molar-refractivity contribution in [2.24, 2.45) is 5.92 Å². The Kier molecular flexibility index (Phi) is 4.64. The molecule has 0 saturated carbocycles. The molecule has 1 aliphatic heterocycles. The second-order valence-corrected chi connectivity index (χ2v) is 5.51. The molecule has 0 fully saturated rings. The first-order valence-electron chi connectivity index (χ1n) is 6.19. The quantitative estimate of drug-likeness (QED) is 0.850. The fourth-order valence-electron chi connectivity index (χ4n) is 2.26. The van der Waals surface area contributed by atoms with Gasteiger partial charge >= 0.3 is 5.97 Å². The van der Waals surface area contributed by atoms with Crippen LogP contribution in [-0.2, 0) is 16.0 Å². The standard InChI is InChI=1S/C14H14N2O3S/c15-5-6-20-9-13(17)16-8-11(14(18)19)7-10-3-1-2-4-12(10)16/h1-4,11H,6-9H2,(H,18,19). The number of hydrogen-bond acceptors (Lipinski definition) is 4. The van der Waals surface area contributed by atoms with Gasteiger partial charge in [0.2, 0.25) is 5.91 Å². The number of para-hydroxylation sites is 1. The number of anilines is 1. The number of carbonyl (C=O) groups excluding carboxylic acids is 1. The number of benzene rings is 1. The minimum atomic E-state index is -0.887. The zero-order valence-electron chi connectivity index (χ0n) is 10.8. The van der Waals surface area contributed by atoms with E-state index in [9.17, 15) is 14.7 Å². The van der Waals surface area contributed by atoms with Crippen molar-refractivity contribution in [3.05, 3.63) is 29.8 Å². The van der Waals surface area contributed by atoms with E-state index in [-0.39, 0.29) is 24.0 Å². The molecule has 1 aromatic rings. The number of carboxylic acid groups (broad SMARTS) is 1. The van der Waals surface area contributed by atoms with Gasteiger partial charge in [-0.3, -0.25) is 9.59 Å². The molecule has 1 amide bonds. The van der Waals surface area contributed by atoms with Crippen molar-refractivity contribution in [2.75, 3.05) is 23.0 Å². The van der Waals surface area contributed by atoms with Crippen LogP contribution in [0, 0.1) is 17.2 Å². The lowest BCUT2D eigenvalue weighted by Gasteiger charge is -2.32. The highest BCUT2D eigenvalue weighted by atomic mass is 32.2. The highest BCUT2D eigenvalue weighted by Gasteiger charge is 2.31. The van der Waals surface area contributed by atoms with E-state index >= 15 is 0 Å². The summed E-state index contributed by atoms with van der Waals surface area (Å²) in [4.78, 5) is 24.9. The van der Waals surface area contributed by atoms with Crippen LogP contribution in [0.1, 0.15) is 5.56 Å². The number of nitrogens with zero attached hydrogens (tertiary/aromatic N) is 2. The average Bonchev–Trinajstić information content (AvgIpc) is 2.46. The number of rotatable bonds is 4. The van der Waals surface area contributed by atoms with E-state index in [2.05, 4.69) is 0 Å². The van der Waals surface area contributed by atoms with Gasteiger partial charge in [0, 0.05) is 12.2 Å². The van der Waals surface area contributed by atoms with Gasteiger partial charge in [-0.05, 0) is 18.1 Å². The highest BCUT2D eigenvalue weighted by molar-refractivity contribution is 8.00. The number of carboxylic acids is 1. The minimum Gasteiger partial charge on any atom is -0.481 e. The third-order valence-corrected chi connectivity index (χ3v) is 3.98. The van der Waals surface area contributed by atoms with E-state index < -0.39 is 11.9 Å². The normalized spacial score (nSPS) is 17.1. The first-order chi connectivity index (χ1) is 9.63. The van der Waals surface area contributed by atoms with Gasteiger partial charge in [-0.15, -0.1) is 11.8 Å². The fraction of sp³-hybridized carbons (Fsp3) is 0.357. The van der Waals surface area contributed by atoms with Gasteiger partial charge < -0.3 is 10.0 Å². The maximum Gasteiger partial charge on any atom is 0.308 e. The summed E-state index contributed by atoms with van der Waals surface area (Å²) in [7, 11) is 0. The molecule has 2 rings (SSSR count). The lowest BCUT2D eigenvalue weighted by Crippen LogP contribution is -2.43. The molecule has 1 heterocycles. The number of hydrogen-bond donors (Lipinski definition) is 1. The van der Waals surface area contributed by atoms with E-state index in [1.807, 2.05) is 30.3 Å². The largest absolute Gasteiger partial charge is 0.481 e. The maximum absolute atomic E-state index is 12.2. The van der Waals surface area contributed by atoms with Crippen LogP contribution >= 0.6 is 11.8 Å². The van der Waals surface area contributed by atoms with Crippen molar-refractivity contribution in [3.63, 3.8) is 0 Å². The molecule has 0 aromatic heterocycles. The topological polar surface area (TPSA) is 81.4 Å². The Labute approximate surface area is 121 Å². The van der Waals surface area contributed by atoms with Crippen LogP contribution < -0.4 is 4.90 Å². The molecule has 1 aliphatic rings. The number of thioether (sulfide) groups is 1. The second-order valence-electron chi connectivity index (χ2n) is 4.52. The highest BCUT2D eigenvalue weighted by Crippen LogP contribution is 2.30. The SMILES string of the molecule is N#CCSCC(=O)N1CC(C(=O)O)Cc2ccccc21. The molecule has 0 saturated heterocycles. The molecule has 6 heteroatoms. The van der Waals surface area contributed by atoms with Gasteiger partial charge in [-0.25, -0.2) is 0 Å². The van der Waals surface area contributed by atoms with Gasteiger partial charge in [0.1, 0.15) is 0 Å². The van der Waals surface area contributed by atoms with Crippen LogP contribution in [0.2, 0.25) is 0 Å². The Hall–Kier alpha value is -2.00. The molecule has 0 aliphatic carbocycles. The van der Waals surface area contributed by atoms with E-state index in [0.717, 1.165) is 11.3 Å². The Bertz CT molecular complexity index is 568. The Balaban J connectivity index is 2.20. The van der Waals surface area contributed by atoms with E-state index in [1.54, 1.807) is 0 Å². The smallest absolute Gasteiger partial charge is 0.308 e. The third kappa shape index (κ3) is 3.11. The molecule has 0 spiro atoms. The summed E-state index contributed by atoms with van der Waals surface area (Å²) in [6.45, 7) is 0.193. The van der Waals surface area contributed by atoms with Gasteiger partial charge in [0.15, 0.2) is 0 Å². The van der Waals surface area contributed by atoms with E-state index in [0.29, 0.717) is 6.42 Å². The van der Waals surface area contributed by atoms with Gasteiger partial charge in [0.05, 0.1) is 23.5 Å². The third-order valence-electron chi connectivity index (χ3n) is 3.19. The fourth-order valence-corrected chi connectivity index (χ4v) is 2.78. The van der Waals surface area contributed by atoms with Crippen molar-refractivity contribution < 1.29 is 14.7 Å². The van der Waals surface area contributed by atoms with Crippen LogP contribution in [0.25, 0.3) is 0 Å². The molecule has 20 heavy (non-hydrogen) atoms.